The molecule has 1 saturated carbocycles. The van der Waals surface area contributed by atoms with Crippen molar-refractivity contribution in [2.45, 2.75) is 18.9 Å². The fraction of sp³-hybridized carbons (Fsp3) is 0.176. The number of nitrogens with one attached hydrogen (secondary N) is 2. The van der Waals surface area contributed by atoms with Crippen molar-refractivity contribution >= 4 is 51.8 Å². The second kappa shape index (κ2) is 5.96. The number of imide groups is 1. The topological polar surface area (TPSA) is 88.4 Å². The Labute approximate surface area is 156 Å². The molecule has 1 aliphatic heterocycles. The van der Waals surface area contributed by atoms with E-state index in [4.69, 9.17) is 4.98 Å². The zero-order valence-electron chi connectivity index (χ0n) is 13.4. The van der Waals surface area contributed by atoms with Crippen molar-refractivity contribution in [2.24, 2.45) is 0 Å². The van der Waals surface area contributed by atoms with Crippen LogP contribution in [-0.2, 0) is 4.79 Å². The summed E-state index contributed by atoms with van der Waals surface area (Å²) < 4.78 is 1.75. The molecule has 26 heavy (non-hydrogen) atoms. The number of carbonyl (C=O) groups is 2. The minimum Gasteiger partial charge on any atom is -0.351 e. The minimum absolute atomic E-state index is 0.352. The Balaban J connectivity index is 1.65. The summed E-state index contributed by atoms with van der Waals surface area (Å²) in [7, 11) is 0. The van der Waals surface area contributed by atoms with E-state index in [1.165, 1.54) is 0 Å². The van der Waals surface area contributed by atoms with Crippen LogP contribution in [0.2, 0.25) is 0 Å². The van der Waals surface area contributed by atoms with Crippen molar-refractivity contribution in [3.63, 3.8) is 0 Å². The van der Waals surface area contributed by atoms with Crippen LogP contribution in [-0.4, -0.2) is 31.8 Å². The number of fused-ring (bicyclic) bond motifs is 1. The first kappa shape index (κ1) is 15.6. The summed E-state index contributed by atoms with van der Waals surface area (Å²) in [4.78, 5) is 29.4. The van der Waals surface area contributed by atoms with Gasteiger partial charge in [-0.25, -0.2) is 4.98 Å². The van der Waals surface area contributed by atoms with E-state index in [2.05, 4.69) is 15.7 Å². The van der Waals surface area contributed by atoms with Crippen molar-refractivity contribution in [3.05, 3.63) is 40.2 Å². The van der Waals surface area contributed by atoms with E-state index in [0.717, 1.165) is 46.3 Å². The van der Waals surface area contributed by atoms with Crippen LogP contribution in [0, 0.1) is 0 Å². The molecule has 0 aromatic carbocycles. The molecule has 0 spiro atoms. The van der Waals surface area contributed by atoms with E-state index >= 15 is 0 Å². The lowest BCUT2D eigenvalue weighted by Gasteiger charge is -2.09. The van der Waals surface area contributed by atoms with E-state index < -0.39 is 0 Å². The molecule has 0 unspecified atom stereocenters. The Morgan fingerprint density at radius 3 is 2.92 bits per heavy atom. The Morgan fingerprint density at radius 1 is 1.35 bits per heavy atom. The second-order valence-electron chi connectivity index (χ2n) is 6.11. The highest BCUT2D eigenvalue weighted by Crippen LogP contribution is 2.32. The Kier molecular flexibility index (Phi) is 3.57. The molecule has 0 atom stereocenters. The van der Waals surface area contributed by atoms with E-state index in [-0.39, 0.29) is 11.1 Å². The Hall–Kier alpha value is -2.65. The zero-order valence-corrected chi connectivity index (χ0v) is 15.1. The number of thioether (sulfide) groups is 1. The first-order valence-electron chi connectivity index (χ1n) is 8.11. The van der Waals surface area contributed by atoms with Crippen LogP contribution in [0.15, 0.2) is 34.7 Å². The van der Waals surface area contributed by atoms with E-state index in [0.29, 0.717) is 16.9 Å². The maximum absolute atomic E-state index is 11.9. The molecule has 9 heteroatoms. The number of hydrogen-bond donors (Lipinski definition) is 2. The molecule has 0 bridgehead atoms. The molecular weight excluding hydrogens is 370 g/mol. The van der Waals surface area contributed by atoms with Crippen LogP contribution in [0.3, 0.4) is 0 Å². The molecule has 5 rings (SSSR count). The molecule has 3 aromatic rings. The lowest BCUT2D eigenvalue weighted by Crippen LogP contribution is -2.17. The van der Waals surface area contributed by atoms with Crippen LogP contribution in [0.5, 0.6) is 0 Å². The van der Waals surface area contributed by atoms with Gasteiger partial charge in [-0.3, -0.25) is 14.9 Å². The molecule has 2 fully saturated rings. The number of hydrogen-bond acceptors (Lipinski definition) is 7. The van der Waals surface area contributed by atoms with E-state index in [9.17, 15) is 9.59 Å². The van der Waals surface area contributed by atoms with Gasteiger partial charge in [0.2, 0.25) is 5.95 Å². The molecule has 1 saturated heterocycles. The molecule has 7 nitrogen and oxygen atoms in total. The second-order valence-corrected chi connectivity index (χ2v) is 8.07. The third kappa shape index (κ3) is 2.78. The lowest BCUT2D eigenvalue weighted by atomic mass is 10.2. The van der Waals surface area contributed by atoms with Crippen LogP contribution in [0.4, 0.5) is 10.7 Å². The molecule has 0 radical (unpaired) electrons. The van der Waals surface area contributed by atoms with Crippen molar-refractivity contribution in [3.8, 4) is 10.6 Å². The highest BCUT2D eigenvalue weighted by Gasteiger charge is 2.26. The van der Waals surface area contributed by atoms with Gasteiger partial charge in [0.15, 0.2) is 0 Å². The van der Waals surface area contributed by atoms with Crippen molar-refractivity contribution in [1.29, 1.82) is 0 Å². The van der Waals surface area contributed by atoms with Crippen molar-refractivity contribution in [2.75, 3.05) is 5.32 Å². The van der Waals surface area contributed by atoms with Gasteiger partial charge >= 0.3 is 0 Å². The number of aromatic nitrogens is 3. The number of rotatable bonds is 4. The normalized spacial score (nSPS) is 18.7. The average molecular weight is 383 g/mol. The van der Waals surface area contributed by atoms with Crippen molar-refractivity contribution < 1.29 is 9.59 Å². The summed E-state index contributed by atoms with van der Waals surface area (Å²) in [5.74, 6) is 0.320. The van der Waals surface area contributed by atoms with Gasteiger partial charge in [0.1, 0.15) is 0 Å². The Morgan fingerprint density at radius 2 is 2.23 bits per heavy atom. The first-order valence-corrected chi connectivity index (χ1v) is 9.81. The van der Waals surface area contributed by atoms with E-state index in [1.807, 2.05) is 23.6 Å². The van der Waals surface area contributed by atoms with Gasteiger partial charge in [0.25, 0.3) is 11.1 Å². The third-order valence-corrected chi connectivity index (χ3v) is 5.85. The number of amides is 2. The van der Waals surface area contributed by atoms with Crippen LogP contribution in [0.1, 0.15) is 18.4 Å². The molecule has 1 aliphatic carbocycles. The van der Waals surface area contributed by atoms with Crippen LogP contribution >= 0.6 is 23.1 Å². The molecule has 3 aromatic heterocycles. The number of anilines is 1. The minimum atomic E-state index is -0.372. The summed E-state index contributed by atoms with van der Waals surface area (Å²) in [5.41, 5.74) is 2.47. The molecular formula is C17H13N5O2S2. The summed E-state index contributed by atoms with van der Waals surface area (Å²) in [6.45, 7) is 0. The smallest absolute Gasteiger partial charge is 0.290 e. The highest BCUT2D eigenvalue weighted by atomic mass is 32.2. The molecule has 2 amide bonds. The molecule has 2 N–H and O–H groups in total. The quantitative estimate of drug-likeness (QED) is 0.672. The summed E-state index contributed by atoms with van der Waals surface area (Å²) in [6.07, 6.45) is 5.65. The van der Waals surface area contributed by atoms with Gasteiger partial charge in [0, 0.05) is 11.6 Å². The Bertz CT molecular complexity index is 1070. The third-order valence-electron chi connectivity index (χ3n) is 4.15. The number of carbonyl (C=O) groups excluding carboxylic acids is 2. The van der Waals surface area contributed by atoms with Gasteiger partial charge in [-0.1, -0.05) is 6.07 Å². The predicted molar refractivity (Wildman–Crippen MR) is 102 cm³/mol. The standard InChI is InChI=1S/C17H13N5O2S2/c23-15-14(26-17(24)21-15)6-9-8-18-22-12(9)7-11(13-2-1-5-25-13)20-16(22)19-10-3-4-10/h1-2,5-8,10H,3-4H2,(H,19,20)(H,21,23,24). The molecule has 2 aliphatic rings. The fourth-order valence-corrected chi connectivity index (χ4v) is 4.09. The molecule has 130 valence electrons. The van der Waals surface area contributed by atoms with Gasteiger partial charge in [-0.15, -0.1) is 11.3 Å². The lowest BCUT2D eigenvalue weighted by molar-refractivity contribution is -0.115. The number of nitrogens with zero attached hydrogens (tertiary/aromatic N) is 3. The maximum Gasteiger partial charge on any atom is 0.290 e. The predicted octanol–water partition coefficient (Wildman–Crippen LogP) is 3.36. The summed E-state index contributed by atoms with van der Waals surface area (Å²) >= 11 is 2.52. The maximum atomic E-state index is 11.9. The number of thiophene rings is 1. The zero-order chi connectivity index (χ0) is 17.7. The van der Waals surface area contributed by atoms with Crippen LogP contribution < -0.4 is 10.6 Å². The fourth-order valence-electron chi connectivity index (χ4n) is 2.73. The highest BCUT2D eigenvalue weighted by molar-refractivity contribution is 8.18. The van der Waals surface area contributed by atoms with Crippen LogP contribution in [0.25, 0.3) is 22.2 Å². The molecule has 4 heterocycles. The SMILES string of the molecule is O=C1NC(=O)C(=Cc2cnn3c(NC4CC4)nc(-c4cccs4)cc23)S1. The van der Waals surface area contributed by atoms with Gasteiger partial charge in [-0.05, 0) is 48.2 Å². The summed E-state index contributed by atoms with van der Waals surface area (Å²) in [5, 5.41) is 11.8. The van der Waals surface area contributed by atoms with Gasteiger partial charge in [0.05, 0.1) is 27.2 Å². The largest absolute Gasteiger partial charge is 0.351 e. The van der Waals surface area contributed by atoms with Gasteiger partial charge < -0.3 is 5.32 Å². The van der Waals surface area contributed by atoms with Crippen molar-refractivity contribution in [1.82, 2.24) is 19.9 Å². The average Bonchev–Trinajstić information content (AvgIpc) is 3.01. The van der Waals surface area contributed by atoms with Gasteiger partial charge in [-0.2, -0.15) is 9.61 Å². The summed E-state index contributed by atoms with van der Waals surface area (Å²) in [6, 6.07) is 6.41. The first-order chi connectivity index (χ1) is 12.7. The van der Waals surface area contributed by atoms with E-state index in [1.54, 1.807) is 28.1 Å². The monoisotopic (exact) mass is 383 g/mol.